The highest BCUT2D eigenvalue weighted by molar-refractivity contribution is 7.45. The maximum absolute atomic E-state index is 8.88. The molecule has 0 radical (unpaired) electrons. The predicted octanol–water partition coefficient (Wildman–Crippen LogP) is -1.42. The van der Waals surface area contributed by atoms with Crippen LogP contribution in [0.5, 0.6) is 0 Å². The minimum absolute atomic E-state index is 0. The smallest absolute Gasteiger partial charge is 0.344 e. The Bertz CT molecular complexity index is 132. The van der Waals surface area contributed by atoms with Gasteiger partial charge in [-0.05, 0) is 0 Å². The molecule has 0 aliphatic heterocycles. The Hall–Kier alpha value is 0.140. The molecule has 0 fully saturated rings. The van der Waals surface area contributed by atoms with Gasteiger partial charge in [0, 0.05) is 0 Å². The summed E-state index contributed by atoms with van der Waals surface area (Å²) in [6, 6.07) is 0. The second kappa shape index (κ2) is 7.77. The first kappa shape index (κ1) is 22.7. The Balaban J connectivity index is -0.0000000267. The van der Waals surface area contributed by atoms with E-state index >= 15 is 0 Å². The topological polar surface area (TPSA) is 226 Å². The van der Waals surface area contributed by atoms with Gasteiger partial charge in [-0.25, -0.2) is 9.13 Å². The SMILES string of the molecule is N.N.O=P(O)(O)O.O=P(O)(O)O.[H+]. The largest absolute Gasteiger partial charge is 1.00 e. The second-order valence-corrected chi connectivity index (χ2v) is 3.08. The molecule has 0 saturated carbocycles. The summed E-state index contributed by atoms with van der Waals surface area (Å²) in [4.78, 5) is 43.1. The molecule has 0 atom stereocenters. The average molecular weight is 231 g/mol. The lowest BCUT2D eigenvalue weighted by atomic mass is 14.0. The van der Waals surface area contributed by atoms with Crippen molar-refractivity contribution >= 4 is 15.6 Å². The molecule has 0 unspecified atom stereocenters. The molecular weight excluding hydrogens is 218 g/mol. The van der Waals surface area contributed by atoms with E-state index in [4.69, 9.17) is 38.5 Å². The average Bonchev–Trinajstić information content (AvgIpc) is 1.12. The summed E-state index contributed by atoms with van der Waals surface area (Å²) in [5.41, 5.74) is 0. The molecule has 0 aliphatic carbocycles. The van der Waals surface area contributed by atoms with Gasteiger partial charge in [0.15, 0.2) is 0 Å². The molecule has 0 aromatic carbocycles. The Morgan fingerprint density at radius 1 is 0.667 bits per heavy atom. The Labute approximate surface area is 69.0 Å². The summed E-state index contributed by atoms with van der Waals surface area (Å²) in [6.45, 7) is 0. The minimum atomic E-state index is -4.64. The van der Waals surface area contributed by atoms with Crippen molar-refractivity contribution in [1.82, 2.24) is 12.3 Å². The number of hydrogen-bond donors (Lipinski definition) is 8. The van der Waals surface area contributed by atoms with E-state index in [9.17, 15) is 0 Å². The molecule has 0 amide bonds. The van der Waals surface area contributed by atoms with Crippen LogP contribution >= 0.6 is 15.6 Å². The lowest BCUT2D eigenvalue weighted by molar-refractivity contribution is 0.272. The molecule has 0 heterocycles. The number of phosphoric acid groups is 2. The molecule has 0 saturated heterocycles. The number of rotatable bonds is 0. The third-order valence-electron chi connectivity index (χ3n) is 0. The first-order valence-corrected chi connectivity index (χ1v) is 4.70. The zero-order chi connectivity index (χ0) is 9.00. The fourth-order valence-electron chi connectivity index (χ4n) is 0. The van der Waals surface area contributed by atoms with Crippen molar-refractivity contribution in [3.05, 3.63) is 0 Å². The van der Waals surface area contributed by atoms with Crippen molar-refractivity contribution < 1.29 is 39.9 Å². The first-order valence-electron chi connectivity index (χ1n) is 1.57. The van der Waals surface area contributed by atoms with Crippen molar-refractivity contribution in [2.45, 2.75) is 0 Å². The highest BCUT2D eigenvalue weighted by Crippen LogP contribution is 2.26. The van der Waals surface area contributed by atoms with Crippen molar-refractivity contribution in [1.29, 1.82) is 0 Å². The van der Waals surface area contributed by atoms with Crippen LogP contribution in [0.4, 0.5) is 0 Å². The lowest BCUT2D eigenvalue weighted by Crippen LogP contribution is -1.66. The fourth-order valence-corrected chi connectivity index (χ4v) is 0. The third-order valence-corrected chi connectivity index (χ3v) is 0. The fraction of sp³-hybridized carbons (Fsp3) is 0. The van der Waals surface area contributed by atoms with Gasteiger partial charge in [-0.1, -0.05) is 0 Å². The molecule has 80 valence electrons. The van der Waals surface area contributed by atoms with Gasteiger partial charge in [-0.2, -0.15) is 0 Å². The Morgan fingerprint density at radius 3 is 0.667 bits per heavy atom. The van der Waals surface area contributed by atoms with Gasteiger partial charge in [0.05, 0.1) is 0 Å². The summed E-state index contributed by atoms with van der Waals surface area (Å²) in [5, 5.41) is 0. The normalized spacial score (nSPS) is 9.83. The van der Waals surface area contributed by atoms with Crippen LogP contribution in [0.25, 0.3) is 0 Å². The van der Waals surface area contributed by atoms with Crippen LogP contribution in [0.1, 0.15) is 1.43 Å². The highest BCUT2D eigenvalue weighted by atomic mass is 31.2. The van der Waals surface area contributed by atoms with Gasteiger partial charge >= 0.3 is 17.1 Å². The molecule has 0 aromatic rings. The summed E-state index contributed by atoms with van der Waals surface area (Å²) >= 11 is 0. The van der Waals surface area contributed by atoms with Gasteiger partial charge in [0.1, 0.15) is 0 Å². The molecule has 0 rings (SSSR count). The minimum Gasteiger partial charge on any atom is -0.344 e. The molecule has 0 spiro atoms. The third kappa shape index (κ3) is 43200. The molecule has 12 N–H and O–H groups in total. The maximum Gasteiger partial charge on any atom is 1.00 e. The van der Waals surface area contributed by atoms with E-state index in [0.29, 0.717) is 0 Å². The Kier molecular flexibility index (Phi) is 14.7. The monoisotopic (exact) mass is 231 g/mol. The highest BCUT2D eigenvalue weighted by Gasteiger charge is 2.00. The van der Waals surface area contributed by atoms with Crippen LogP contribution in [0.15, 0.2) is 0 Å². The second-order valence-electron chi connectivity index (χ2n) is 1.03. The molecular formula is H13N2O8P2+. The summed E-state index contributed by atoms with van der Waals surface area (Å²) in [7, 11) is -9.28. The van der Waals surface area contributed by atoms with Crippen LogP contribution < -0.4 is 12.3 Å². The first-order chi connectivity index (χ1) is 4.00. The molecule has 0 aromatic heterocycles. The van der Waals surface area contributed by atoms with Gasteiger partial charge < -0.3 is 41.7 Å². The van der Waals surface area contributed by atoms with Crippen molar-refractivity contribution in [3.63, 3.8) is 0 Å². The Morgan fingerprint density at radius 2 is 0.667 bits per heavy atom. The molecule has 12 heavy (non-hydrogen) atoms. The van der Waals surface area contributed by atoms with E-state index in [1.54, 1.807) is 0 Å². The van der Waals surface area contributed by atoms with Crippen molar-refractivity contribution in [2.24, 2.45) is 0 Å². The summed E-state index contributed by atoms with van der Waals surface area (Å²) < 4.78 is 17.8. The predicted molar refractivity (Wildman–Crippen MR) is 39.7 cm³/mol. The van der Waals surface area contributed by atoms with E-state index < -0.39 is 15.6 Å². The quantitative estimate of drug-likeness (QED) is 0.227. The van der Waals surface area contributed by atoms with E-state index in [-0.39, 0.29) is 13.7 Å². The summed E-state index contributed by atoms with van der Waals surface area (Å²) in [5.74, 6) is 0. The maximum atomic E-state index is 8.88. The molecule has 0 bridgehead atoms. The van der Waals surface area contributed by atoms with Crippen LogP contribution in [0.3, 0.4) is 0 Å². The van der Waals surface area contributed by atoms with Crippen molar-refractivity contribution in [2.75, 3.05) is 0 Å². The van der Waals surface area contributed by atoms with Crippen molar-refractivity contribution in [3.8, 4) is 0 Å². The van der Waals surface area contributed by atoms with Gasteiger partial charge in [0.2, 0.25) is 0 Å². The standard InChI is InChI=1S/2H3N.2H3O4P/c;;2*1-5(2,3)4/h2*1H3;2*(H3,1,2,3,4)/p+1. The van der Waals surface area contributed by atoms with Crippen LogP contribution in [0.2, 0.25) is 0 Å². The van der Waals surface area contributed by atoms with Crippen LogP contribution in [0, 0.1) is 0 Å². The van der Waals surface area contributed by atoms with E-state index in [1.165, 1.54) is 0 Å². The summed E-state index contributed by atoms with van der Waals surface area (Å²) in [6.07, 6.45) is 0. The van der Waals surface area contributed by atoms with E-state index in [2.05, 4.69) is 0 Å². The lowest BCUT2D eigenvalue weighted by Gasteiger charge is -1.82. The van der Waals surface area contributed by atoms with Gasteiger partial charge in [-0.15, -0.1) is 0 Å². The van der Waals surface area contributed by atoms with Crippen LogP contribution in [-0.4, -0.2) is 29.4 Å². The van der Waals surface area contributed by atoms with E-state index in [0.717, 1.165) is 0 Å². The zero-order valence-corrected chi connectivity index (χ0v) is 7.60. The molecule has 12 heteroatoms. The van der Waals surface area contributed by atoms with Gasteiger partial charge in [0.25, 0.3) is 0 Å². The molecule has 0 aliphatic rings. The zero-order valence-electron chi connectivity index (χ0n) is 6.81. The van der Waals surface area contributed by atoms with E-state index in [1.807, 2.05) is 0 Å². The van der Waals surface area contributed by atoms with Gasteiger partial charge in [-0.3, -0.25) is 0 Å². The van der Waals surface area contributed by atoms with Crippen LogP contribution in [-0.2, 0) is 9.13 Å². The number of hydrogen-bond acceptors (Lipinski definition) is 4. The molecule has 10 nitrogen and oxygen atoms in total.